The van der Waals surface area contributed by atoms with Crippen molar-refractivity contribution >= 4 is 28.2 Å². The molecule has 1 aliphatic heterocycles. The van der Waals surface area contributed by atoms with Gasteiger partial charge in [-0.1, -0.05) is 6.42 Å². The van der Waals surface area contributed by atoms with Crippen molar-refractivity contribution < 1.29 is 4.79 Å². The van der Waals surface area contributed by atoms with Crippen molar-refractivity contribution in [2.24, 2.45) is 16.8 Å². The Morgan fingerprint density at radius 1 is 1.21 bits per heavy atom. The van der Waals surface area contributed by atoms with E-state index in [0.717, 1.165) is 43.7 Å². The molecule has 7 heteroatoms. The van der Waals surface area contributed by atoms with E-state index in [9.17, 15) is 4.79 Å². The average Bonchev–Trinajstić information content (AvgIpc) is 3.44. The lowest BCUT2D eigenvalue weighted by Crippen LogP contribution is -2.52. The minimum absolute atomic E-state index is 0.0431. The molecule has 2 heterocycles. The number of aliphatic imine (C=N–C) groups is 1. The molecule has 28 heavy (non-hydrogen) atoms. The van der Waals surface area contributed by atoms with Gasteiger partial charge in [0, 0.05) is 39.3 Å². The first-order valence-electron chi connectivity index (χ1n) is 10.6. The number of hydrogen-bond donors (Lipinski definition) is 2. The Morgan fingerprint density at radius 3 is 2.64 bits per heavy atom. The highest BCUT2D eigenvalue weighted by Gasteiger charge is 2.40. The minimum atomic E-state index is 0.0431. The molecule has 1 amide bonds. The molecule has 0 aromatic carbocycles. The van der Waals surface area contributed by atoms with Gasteiger partial charge in [-0.15, -0.1) is 11.3 Å². The molecule has 2 saturated carbocycles. The van der Waals surface area contributed by atoms with Crippen molar-refractivity contribution in [3.8, 4) is 0 Å². The zero-order valence-electron chi connectivity index (χ0n) is 17.1. The number of carbonyl (C=O) groups excluding carboxylic acids is 1. The van der Waals surface area contributed by atoms with Crippen LogP contribution in [0, 0.1) is 11.8 Å². The van der Waals surface area contributed by atoms with Gasteiger partial charge < -0.3 is 20.4 Å². The number of amides is 1. The molecule has 3 atom stereocenters. The Hall–Kier alpha value is -1.76. The van der Waals surface area contributed by atoms with Crippen LogP contribution in [0.4, 0.5) is 5.00 Å². The molecule has 154 valence electrons. The number of likely N-dealkylation sites (N-methyl/N-ethyl adjacent to an activating group) is 1. The molecule has 6 nitrogen and oxygen atoms in total. The molecule has 1 aromatic heterocycles. The zero-order valence-corrected chi connectivity index (χ0v) is 17.9. The lowest BCUT2D eigenvalue weighted by atomic mass is 9.95. The number of thiophene rings is 1. The summed E-state index contributed by atoms with van der Waals surface area (Å²) in [5, 5.41) is 10.8. The van der Waals surface area contributed by atoms with Crippen molar-refractivity contribution in [2.45, 2.75) is 50.6 Å². The quantitative estimate of drug-likeness (QED) is 0.586. The van der Waals surface area contributed by atoms with Gasteiger partial charge in [-0.25, -0.2) is 4.99 Å². The van der Waals surface area contributed by atoms with Gasteiger partial charge >= 0.3 is 0 Å². The van der Waals surface area contributed by atoms with Crippen LogP contribution in [0.15, 0.2) is 22.5 Å². The summed E-state index contributed by atoms with van der Waals surface area (Å²) in [6.45, 7) is 2.34. The summed E-state index contributed by atoms with van der Waals surface area (Å²) in [4.78, 5) is 20.8. The third-order valence-electron chi connectivity index (χ3n) is 6.59. The fourth-order valence-corrected chi connectivity index (χ4v) is 5.69. The lowest BCUT2D eigenvalue weighted by molar-refractivity contribution is -0.127. The normalized spacial score (nSPS) is 27.9. The Balaban J connectivity index is 1.35. The molecule has 3 unspecified atom stereocenters. The first-order chi connectivity index (χ1) is 13.6. The summed E-state index contributed by atoms with van der Waals surface area (Å²) in [6.07, 6.45) is 7.53. The molecule has 2 bridgehead atoms. The van der Waals surface area contributed by atoms with Crippen LogP contribution < -0.4 is 15.5 Å². The number of nitrogens with zero attached hydrogens (tertiary/aromatic N) is 3. The maximum absolute atomic E-state index is 12.0. The van der Waals surface area contributed by atoms with E-state index in [-0.39, 0.29) is 12.5 Å². The van der Waals surface area contributed by atoms with Crippen molar-refractivity contribution in [3.05, 3.63) is 17.5 Å². The number of piperidine rings is 1. The Kier molecular flexibility index (Phi) is 6.09. The fraction of sp³-hybridized carbons (Fsp3) is 0.714. The SMILES string of the molecule is CN(C)C(=O)CN=C(NC1CCN(c2cccs2)CC1)NC1CC2CCC1C2. The zero-order chi connectivity index (χ0) is 19.5. The van der Waals surface area contributed by atoms with Gasteiger partial charge in [0.15, 0.2) is 5.96 Å². The maximum atomic E-state index is 12.0. The number of anilines is 1. The Bertz CT molecular complexity index is 681. The molecule has 0 radical (unpaired) electrons. The van der Waals surface area contributed by atoms with Crippen LogP contribution in [0.1, 0.15) is 38.5 Å². The lowest BCUT2D eigenvalue weighted by Gasteiger charge is -2.34. The van der Waals surface area contributed by atoms with E-state index < -0.39 is 0 Å². The van der Waals surface area contributed by atoms with Crippen LogP contribution in [0.25, 0.3) is 0 Å². The Morgan fingerprint density at radius 2 is 2.04 bits per heavy atom. The topological polar surface area (TPSA) is 60.0 Å². The van der Waals surface area contributed by atoms with Crippen LogP contribution in [-0.4, -0.2) is 62.6 Å². The van der Waals surface area contributed by atoms with E-state index >= 15 is 0 Å². The largest absolute Gasteiger partial charge is 0.363 e. The summed E-state index contributed by atoms with van der Waals surface area (Å²) in [6, 6.07) is 5.26. The number of guanidine groups is 1. The molecular weight excluding hydrogens is 370 g/mol. The monoisotopic (exact) mass is 403 g/mol. The maximum Gasteiger partial charge on any atom is 0.243 e. The van der Waals surface area contributed by atoms with Crippen molar-refractivity contribution in [3.63, 3.8) is 0 Å². The van der Waals surface area contributed by atoms with Gasteiger partial charge in [-0.3, -0.25) is 4.79 Å². The van der Waals surface area contributed by atoms with Gasteiger partial charge in [-0.2, -0.15) is 0 Å². The summed E-state index contributed by atoms with van der Waals surface area (Å²) in [5.41, 5.74) is 0. The van der Waals surface area contributed by atoms with Crippen LogP contribution in [-0.2, 0) is 4.79 Å². The van der Waals surface area contributed by atoms with Crippen LogP contribution in [0.5, 0.6) is 0 Å². The standard InChI is InChI=1S/C21H33N5OS/c1-25(2)19(27)14-22-21(24-18-13-15-5-6-16(18)12-15)23-17-7-9-26(10-8-17)20-4-3-11-28-20/h3-4,11,15-18H,5-10,12-14H2,1-2H3,(H2,22,23,24). The number of nitrogens with one attached hydrogen (secondary N) is 2. The minimum Gasteiger partial charge on any atom is -0.363 e. The Labute approximate surface area is 172 Å². The molecule has 3 aliphatic rings. The third-order valence-corrected chi connectivity index (χ3v) is 7.51. The van der Waals surface area contributed by atoms with Gasteiger partial charge in [0.1, 0.15) is 6.54 Å². The van der Waals surface area contributed by atoms with E-state index in [0.29, 0.717) is 12.1 Å². The van der Waals surface area contributed by atoms with Crippen LogP contribution >= 0.6 is 11.3 Å². The highest BCUT2D eigenvalue weighted by molar-refractivity contribution is 7.14. The van der Waals surface area contributed by atoms with Gasteiger partial charge in [0.2, 0.25) is 5.91 Å². The van der Waals surface area contributed by atoms with E-state index in [1.807, 2.05) is 11.3 Å². The summed E-state index contributed by atoms with van der Waals surface area (Å²) < 4.78 is 0. The van der Waals surface area contributed by atoms with Gasteiger partial charge in [0.05, 0.1) is 5.00 Å². The van der Waals surface area contributed by atoms with Crippen LogP contribution in [0.2, 0.25) is 0 Å². The molecule has 3 fully saturated rings. The first-order valence-corrected chi connectivity index (χ1v) is 11.5. The summed E-state index contributed by atoms with van der Waals surface area (Å²) in [7, 11) is 3.57. The molecule has 2 aliphatic carbocycles. The van der Waals surface area contributed by atoms with Gasteiger partial charge in [0.25, 0.3) is 0 Å². The summed E-state index contributed by atoms with van der Waals surface area (Å²) >= 11 is 1.81. The van der Waals surface area contributed by atoms with Gasteiger partial charge in [-0.05, 0) is 61.5 Å². The van der Waals surface area contributed by atoms with Crippen molar-refractivity contribution in [1.82, 2.24) is 15.5 Å². The second kappa shape index (κ2) is 8.72. The first kappa shape index (κ1) is 19.6. The van der Waals surface area contributed by atoms with E-state index in [2.05, 4.69) is 38.0 Å². The number of carbonyl (C=O) groups is 1. The third kappa shape index (κ3) is 4.62. The van der Waals surface area contributed by atoms with E-state index in [1.165, 1.54) is 30.7 Å². The number of fused-ring (bicyclic) bond motifs is 2. The molecule has 0 spiro atoms. The van der Waals surface area contributed by atoms with E-state index in [4.69, 9.17) is 0 Å². The van der Waals surface area contributed by atoms with Crippen LogP contribution in [0.3, 0.4) is 0 Å². The average molecular weight is 404 g/mol. The molecule has 1 aromatic rings. The van der Waals surface area contributed by atoms with Crippen molar-refractivity contribution in [2.75, 3.05) is 38.6 Å². The number of hydrogen-bond acceptors (Lipinski definition) is 4. The number of rotatable bonds is 5. The predicted octanol–water partition coefficient (Wildman–Crippen LogP) is 2.53. The smallest absolute Gasteiger partial charge is 0.243 e. The second-order valence-corrected chi connectivity index (χ2v) is 9.66. The summed E-state index contributed by atoms with van der Waals surface area (Å²) in [5.74, 6) is 2.55. The van der Waals surface area contributed by atoms with Crippen molar-refractivity contribution in [1.29, 1.82) is 0 Å². The highest BCUT2D eigenvalue weighted by atomic mass is 32.1. The molecule has 1 saturated heterocycles. The molecule has 4 rings (SSSR count). The van der Waals surface area contributed by atoms with E-state index in [1.54, 1.807) is 19.0 Å². The highest BCUT2D eigenvalue weighted by Crippen LogP contribution is 2.44. The fourth-order valence-electron chi connectivity index (χ4n) is 4.91. The molecular formula is C21H33N5OS. The second-order valence-electron chi connectivity index (χ2n) is 8.74. The molecule has 2 N–H and O–H groups in total. The predicted molar refractivity (Wildman–Crippen MR) is 116 cm³/mol.